The Bertz CT molecular complexity index is 748. The Hall–Kier alpha value is -2.80. The average molecular weight is 279 g/mol. The van der Waals surface area contributed by atoms with Gasteiger partial charge in [-0.15, -0.1) is 0 Å². The number of nitrogens with zero attached hydrogens (tertiary/aromatic N) is 2. The molecule has 0 spiro atoms. The fourth-order valence-corrected chi connectivity index (χ4v) is 2.00. The molecule has 0 atom stereocenters. The lowest BCUT2D eigenvalue weighted by atomic mass is 10.1. The molecule has 0 aliphatic heterocycles. The number of anilines is 1. The Kier molecular flexibility index (Phi) is 4.24. The van der Waals surface area contributed by atoms with E-state index in [0.29, 0.717) is 0 Å². The molecule has 0 aliphatic rings. The van der Waals surface area contributed by atoms with Crippen LogP contribution in [-0.4, -0.2) is 10.5 Å². The molecule has 2 rings (SSSR count). The van der Waals surface area contributed by atoms with Gasteiger partial charge in [0.25, 0.3) is 5.91 Å². The van der Waals surface area contributed by atoms with Crippen molar-refractivity contribution in [2.24, 2.45) is 7.05 Å². The largest absolute Gasteiger partial charge is 0.357 e. The molecule has 1 amide bonds. The highest BCUT2D eigenvalue weighted by Crippen LogP contribution is 2.19. The van der Waals surface area contributed by atoms with E-state index in [0.717, 1.165) is 22.4 Å². The minimum Gasteiger partial charge on any atom is -0.357 e. The van der Waals surface area contributed by atoms with Gasteiger partial charge in [-0.3, -0.25) is 4.79 Å². The van der Waals surface area contributed by atoms with Crippen LogP contribution in [0.5, 0.6) is 0 Å². The van der Waals surface area contributed by atoms with E-state index in [4.69, 9.17) is 0 Å². The lowest BCUT2D eigenvalue weighted by Gasteiger charge is -2.09. The Balaban J connectivity index is 2.24. The summed E-state index contributed by atoms with van der Waals surface area (Å²) in [5.74, 6) is -0.393. The first-order chi connectivity index (χ1) is 10.0. The monoisotopic (exact) mass is 279 g/mol. The van der Waals surface area contributed by atoms with Gasteiger partial charge >= 0.3 is 0 Å². The van der Waals surface area contributed by atoms with Gasteiger partial charge in [0.05, 0.1) is 0 Å². The van der Waals surface area contributed by atoms with Crippen molar-refractivity contribution in [3.63, 3.8) is 0 Å². The molecule has 0 aliphatic carbocycles. The van der Waals surface area contributed by atoms with E-state index in [9.17, 15) is 10.1 Å². The van der Waals surface area contributed by atoms with Gasteiger partial charge in [-0.2, -0.15) is 5.26 Å². The van der Waals surface area contributed by atoms with Gasteiger partial charge in [-0.05, 0) is 48.7 Å². The second-order valence-electron chi connectivity index (χ2n) is 4.98. The Morgan fingerprint density at radius 3 is 2.71 bits per heavy atom. The van der Waals surface area contributed by atoms with Gasteiger partial charge in [0.1, 0.15) is 11.6 Å². The first-order valence-corrected chi connectivity index (χ1v) is 6.62. The molecule has 0 bridgehead atoms. The molecule has 4 nitrogen and oxygen atoms in total. The maximum atomic E-state index is 12.2. The van der Waals surface area contributed by atoms with Crippen molar-refractivity contribution >= 4 is 17.7 Å². The maximum Gasteiger partial charge on any atom is 0.266 e. The summed E-state index contributed by atoms with van der Waals surface area (Å²) < 4.78 is 1.86. The van der Waals surface area contributed by atoms with Crippen LogP contribution < -0.4 is 5.32 Å². The molecule has 106 valence electrons. The third-order valence-corrected chi connectivity index (χ3v) is 3.38. The zero-order chi connectivity index (χ0) is 15.4. The molecule has 2 aromatic rings. The molecule has 1 N–H and O–H groups in total. The molecule has 21 heavy (non-hydrogen) atoms. The smallest absolute Gasteiger partial charge is 0.266 e. The van der Waals surface area contributed by atoms with Crippen LogP contribution in [0, 0.1) is 25.2 Å². The predicted molar refractivity (Wildman–Crippen MR) is 83.5 cm³/mol. The summed E-state index contributed by atoms with van der Waals surface area (Å²) in [7, 11) is 1.89. The normalized spacial score (nSPS) is 11.0. The number of benzene rings is 1. The zero-order valence-electron chi connectivity index (χ0n) is 12.3. The summed E-state index contributed by atoms with van der Waals surface area (Å²) in [4.78, 5) is 12.2. The predicted octanol–water partition coefficient (Wildman–Crippen LogP) is 3.19. The lowest BCUT2D eigenvalue weighted by molar-refractivity contribution is -0.112. The first-order valence-electron chi connectivity index (χ1n) is 6.62. The van der Waals surface area contributed by atoms with Crippen molar-refractivity contribution in [2.75, 3.05) is 5.32 Å². The molecule has 0 fully saturated rings. The molecule has 0 saturated carbocycles. The molecule has 0 saturated heterocycles. The van der Waals surface area contributed by atoms with Crippen LogP contribution in [0.3, 0.4) is 0 Å². The fraction of sp³-hybridized carbons (Fsp3) is 0.176. The molecule has 1 heterocycles. The second-order valence-corrected chi connectivity index (χ2v) is 4.98. The minimum atomic E-state index is -0.393. The SMILES string of the molecule is Cc1cccc(NC(=O)/C(C#N)=C/c2ccn(C)c2)c1C. The Morgan fingerprint density at radius 1 is 1.33 bits per heavy atom. The minimum absolute atomic E-state index is 0.0853. The molecule has 0 unspecified atom stereocenters. The zero-order valence-corrected chi connectivity index (χ0v) is 12.3. The van der Waals surface area contributed by atoms with Gasteiger partial charge in [-0.25, -0.2) is 0 Å². The number of carbonyl (C=O) groups is 1. The van der Waals surface area contributed by atoms with Crippen LogP contribution in [0.25, 0.3) is 6.08 Å². The topological polar surface area (TPSA) is 57.8 Å². The van der Waals surface area contributed by atoms with Crippen LogP contribution in [-0.2, 0) is 11.8 Å². The van der Waals surface area contributed by atoms with E-state index in [-0.39, 0.29) is 5.57 Å². The van der Waals surface area contributed by atoms with Gasteiger partial charge in [0, 0.05) is 25.1 Å². The van der Waals surface area contributed by atoms with Crippen molar-refractivity contribution in [2.45, 2.75) is 13.8 Å². The number of amides is 1. The van der Waals surface area contributed by atoms with Crippen LogP contribution >= 0.6 is 0 Å². The number of carbonyl (C=O) groups excluding carboxylic acids is 1. The highest BCUT2D eigenvalue weighted by atomic mass is 16.1. The summed E-state index contributed by atoms with van der Waals surface area (Å²) in [5, 5.41) is 12.0. The van der Waals surface area contributed by atoms with Crippen LogP contribution in [0.2, 0.25) is 0 Å². The Morgan fingerprint density at radius 2 is 2.10 bits per heavy atom. The van der Waals surface area contributed by atoms with Crippen molar-refractivity contribution in [1.82, 2.24) is 4.57 Å². The Labute approximate surface area is 124 Å². The summed E-state index contributed by atoms with van der Waals surface area (Å²) in [6.07, 6.45) is 5.30. The lowest BCUT2D eigenvalue weighted by Crippen LogP contribution is -2.14. The van der Waals surface area contributed by atoms with Crippen LogP contribution in [0.15, 0.2) is 42.2 Å². The standard InChI is InChI=1S/C17H17N3O/c1-12-5-4-6-16(13(12)2)19-17(21)15(10-18)9-14-7-8-20(3)11-14/h4-9,11H,1-3H3,(H,19,21)/b15-9+. The molecule has 1 aromatic heterocycles. The van der Waals surface area contributed by atoms with Crippen molar-refractivity contribution in [3.05, 3.63) is 58.9 Å². The maximum absolute atomic E-state index is 12.2. The summed E-state index contributed by atoms with van der Waals surface area (Å²) in [5.41, 5.74) is 3.74. The van der Waals surface area contributed by atoms with Gasteiger partial charge in [0.15, 0.2) is 0 Å². The van der Waals surface area contributed by atoms with Crippen LogP contribution in [0.1, 0.15) is 16.7 Å². The highest BCUT2D eigenvalue weighted by molar-refractivity contribution is 6.10. The van der Waals surface area contributed by atoms with Gasteiger partial charge < -0.3 is 9.88 Å². The quantitative estimate of drug-likeness (QED) is 0.693. The number of hydrogen-bond donors (Lipinski definition) is 1. The fourth-order valence-electron chi connectivity index (χ4n) is 2.00. The number of aromatic nitrogens is 1. The third kappa shape index (κ3) is 3.40. The van der Waals surface area contributed by atoms with Crippen LogP contribution in [0.4, 0.5) is 5.69 Å². The average Bonchev–Trinajstić information content (AvgIpc) is 2.86. The van der Waals surface area contributed by atoms with Crippen molar-refractivity contribution in [1.29, 1.82) is 5.26 Å². The first kappa shape index (κ1) is 14.6. The van der Waals surface area contributed by atoms with Gasteiger partial charge in [-0.1, -0.05) is 12.1 Å². The number of aryl methyl sites for hydroxylation is 2. The number of rotatable bonds is 3. The van der Waals surface area contributed by atoms with Gasteiger partial charge in [0.2, 0.25) is 0 Å². The van der Waals surface area contributed by atoms with Crippen molar-refractivity contribution < 1.29 is 4.79 Å². The summed E-state index contributed by atoms with van der Waals surface area (Å²) in [6, 6.07) is 9.50. The molecule has 1 aromatic carbocycles. The molecule has 0 radical (unpaired) electrons. The number of nitrogens with one attached hydrogen (secondary N) is 1. The highest BCUT2D eigenvalue weighted by Gasteiger charge is 2.11. The van der Waals surface area contributed by atoms with E-state index < -0.39 is 5.91 Å². The van der Waals surface area contributed by atoms with E-state index in [2.05, 4.69) is 5.32 Å². The van der Waals surface area contributed by atoms with E-state index in [1.165, 1.54) is 0 Å². The van der Waals surface area contributed by atoms with E-state index >= 15 is 0 Å². The third-order valence-electron chi connectivity index (χ3n) is 3.38. The molecular formula is C17H17N3O. The number of hydrogen-bond acceptors (Lipinski definition) is 2. The molecular weight excluding hydrogens is 262 g/mol. The summed E-state index contributed by atoms with van der Waals surface area (Å²) in [6.45, 7) is 3.92. The van der Waals surface area contributed by atoms with Crippen molar-refractivity contribution in [3.8, 4) is 6.07 Å². The number of nitriles is 1. The van der Waals surface area contributed by atoms with E-state index in [1.54, 1.807) is 6.08 Å². The molecule has 4 heteroatoms. The summed E-state index contributed by atoms with van der Waals surface area (Å²) >= 11 is 0. The van der Waals surface area contributed by atoms with E-state index in [1.807, 2.05) is 68.2 Å². The second kappa shape index (κ2) is 6.10.